The number of fused-ring (bicyclic) bond motifs is 2. The van der Waals surface area contributed by atoms with Crippen molar-refractivity contribution in [2.45, 2.75) is 25.3 Å². The Kier molecular flexibility index (Phi) is 5.21. The molecule has 0 unspecified atom stereocenters. The van der Waals surface area contributed by atoms with Gasteiger partial charge in [-0.15, -0.1) is 0 Å². The number of rotatable bonds is 4. The smallest absolute Gasteiger partial charge is 0.327 e. The lowest BCUT2D eigenvalue weighted by Crippen LogP contribution is -2.37. The predicted molar refractivity (Wildman–Crippen MR) is 137 cm³/mol. The highest BCUT2D eigenvalue weighted by Gasteiger charge is 2.28. The Morgan fingerprint density at radius 3 is 2.74 bits per heavy atom. The van der Waals surface area contributed by atoms with E-state index >= 15 is 0 Å². The van der Waals surface area contributed by atoms with Crippen LogP contribution < -0.4 is 15.5 Å². The highest BCUT2D eigenvalue weighted by Crippen LogP contribution is 2.32. The van der Waals surface area contributed by atoms with Crippen molar-refractivity contribution in [3.63, 3.8) is 0 Å². The van der Waals surface area contributed by atoms with E-state index in [9.17, 15) is 9.59 Å². The zero-order valence-corrected chi connectivity index (χ0v) is 19.4. The van der Waals surface area contributed by atoms with Crippen LogP contribution in [0.25, 0.3) is 17.2 Å². The number of carbonyl (C=O) groups excluding carboxylic acids is 1. The molecule has 176 valence electrons. The Balaban J connectivity index is 1.19. The van der Waals surface area contributed by atoms with Crippen LogP contribution in [-0.4, -0.2) is 45.1 Å². The number of carbonyl (C=O) groups is 1. The Morgan fingerprint density at radius 1 is 1.06 bits per heavy atom. The van der Waals surface area contributed by atoms with Gasteiger partial charge >= 0.3 is 5.69 Å². The molecule has 1 N–H and O–H groups in total. The molecule has 1 fully saturated rings. The highest BCUT2D eigenvalue weighted by atomic mass is 16.2. The SMILES string of the molecule is C=Cc1ccc2c(c1)CCN2C(=O)c1cc(N2CCC(n3c(=O)[nH]c4ncccc43)CC2)ccn1. The molecule has 0 aliphatic carbocycles. The van der Waals surface area contributed by atoms with Gasteiger partial charge in [0.15, 0.2) is 5.65 Å². The average molecular weight is 467 g/mol. The number of aromatic amines is 1. The minimum Gasteiger partial charge on any atom is -0.371 e. The van der Waals surface area contributed by atoms with E-state index in [-0.39, 0.29) is 17.6 Å². The van der Waals surface area contributed by atoms with Crippen LogP contribution in [-0.2, 0) is 6.42 Å². The van der Waals surface area contributed by atoms with Gasteiger partial charge in [-0.2, -0.15) is 0 Å². The number of pyridine rings is 2. The molecule has 0 spiro atoms. The third-order valence-electron chi connectivity index (χ3n) is 7.13. The maximum atomic E-state index is 13.3. The number of imidazole rings is 1. The first-order chi connectivity index (χ1) is 17.1. The van der Waals surface area contributed by atoms with Crippen LogP contribution in [0.2, 0.25) is 0 Å². The van der Waals surface area contributed by atoms with E-state index in [0.29, 0.717) is 17.9 Å². The van der Waals surface area contributed by atoms with Crippen LogP contribution in [0.1, 0.15) is 40.5 Å². The minimum atomic E-state index is -0.111. The van der Waals surface area contributed by atoms with Gasteiger partial charge in [0, 0.05) is 49.4 Å². The summed E-state index contributed by atoms with van der Waals surface area (Å²) in [7, 11) is 0. The number of piperidine rings is 1. The van der Waals surface area contributed by atoms with Gasteiger partial charge < -0.3 is 9.80 Å². The monoisotopic (exact) mass is 466 g/mol. The zero-order chi connectivity index (χ0) is 23.9. The molecule has 0 atom stereocenters. The van der Waals surface area contributed by atoms with E-state index < -0.39 is 0 Å². The average Bonchev–Trinajstić information content (AvgIpc) is 3.48. The molecule has 8 heteroatoms. The lowest BCUT2D eigenvalue weighted by Gasteiger charge is -2.34. The molecule has 1 saturated heterocycles. The third kappa shape index (κ3) is 3.71. The summed E-state index contributed by atoms with van der Waals surface area (Å²) in [6.45, 7) is 6.07. The Hall–Kier alpha value is -4.20. The minimum absolute atomic E-state index is 0.0790. The van der Waals surface area contributed by atoms with Crippen molar-refractivity contribution < 1.29 is 4.79 Å². The number of nitrogens with one attached hydrogen (secondary N) is 1. The molecule has 1 aromatic carbocycles. The maximum absolute atomic E-state index is 13.3. The third-order valence-corrected chi connectivity index (χ3v) is 7.13. The number of amides is 1. The lowest BCUT2D eigenvalue weighted by atomic mass is 10.0. The van der Waals surface area contributed by atoms with Crippen LogP contribution in [0, 0.1) is 0 Å². The van der Waals surface area contributed by atoms with Crippen LogP contribution in [0.15, 0.2) is 66.2 Å². The number of nitrogens with zero attached hydrogens (tertiary/aromatic N) is 5. The Morgan fingerprint density at radius 2 is 1.91 bits per heavy atom. The van der Waals surface area contributed by atoms with Crippen molar-refractivity contribution in [3.8, 4) is 0 Å². The van der Waals surface area contributed by atoms with E-state index in [1.807, 2.05) is 51.9 Å². The van der Waals surface area contributed by atoms with E-state index in [2.05, 4.69) is 32.5 Å². The van der Waals surface area contributed by atoms with E-state index in [1.54, 1.807) is 12.4 Å². The van der Waals surface area contributed by atoms with Crippen LogP contribution in [0.5, 0.6) is 0 Å². The number of aromatic nitrogens is 4. The molecule has 35 heavy (non-hydrogen) atoms. The summed E-state index contributed by atoms with van der Waals surface area (Å²) in [5.74, 6) is -0.0790. The Bertz CT molecular complexity index is 1500. The summed E-state index contributed by atoms with van der Waals surface area (Å²) < 4.78 is 1.84. The first kappa shape index (κ1) is 21.3. The summed E-state index contributed by atoms with van der Waals surface area (Å²) in [4.78, 5) is 41.5. The van der Waals surface area contributed by atoms with E-state index in [1.165, 1.54) is 0 Å². The molecule has 0 bridgehead atoms. The van der Waals surface area contributed by atoms with Crippen molar-refractivity contribution in [1.82, 2.24) is 19.5 Å². The van der Waals surface area contributed by atoms with Crippen molar-refractivity contribution in [2.75, 3.05) is 29.4 Å². The molecular weight excluding hydrogens is 440 g/mol. The van der Waals surface area contributed by atoms with Gasteiger partial charge in [0.25, 0.3) is 5.91 Å². The lowest BCUT2D eigenvalue weighted by molar-refractivity contribution is 0.0984. The Labute approximate surface area is 202 Å². The summed E-state index contributed by atoms with van der Waals surface area (Å²) in [6.07, 6.45) is 7.72. The van der Waals surface area contributed by atoms with Crippen molar-refractivity contribution >= 4 is 34.5 Å². The number of H-pyrrole nitrogens is 1. The maximum Gasteiger partial charge on any atom is 0.327 e. The predicted octanol–water partition coefficient (Wildman–Crippen LogP) is 3.81. The largest absolute Gasteiger partial charge is 0.371 e. The number of hydrogen-bond acceptors (Lipinski definition) is 5. The molecular formula is C27H26N6O2. The standard InChI is InChI=1S/C27H26N6O2/c1-2-18-5-6-23-19(16-18)8-15-32(23)26(34)22-17-21(7-12-28-22)31-13-9-20(10-14-31)33-24-4-3-11-29-25(24)30-27(33)35/h2-7,11-12,16-17,20H,1,8-10,13-15H2,(H,29,30,35). The van der Waals surface area contributed by atoms with Gasteiger partial charge in [0.2, 0.25) is 0 Å². The molecule has 5 heterocycles. The van der Waals surface area contributed by atoms with Crippen LogP contribution >= 0.6 is 0 Å². The second-order valence-electron chi connectivity index (χ2n) is 9.09. The zero-order valence-electron chi connectivity index (χ0n) is 19.4. The van der Waals surface area contributed by atoms with Gasteiger partial charge in [0.1, 0.15) is 5.69 Å². The molecule has 6 rings (SSSR count). The van der Waals surface area contributed by atoms with Crippen LogP contribution in [0.4, 0.5) is 11.4 Å². The van der Waals surface area contributed by atoms with Crippen LogP contribution in [0.3, 0.4) is 0 Å². The molecule has 1 amide bonds. The van der Waals surface area contributed by atoms with E-state index in [0.717, 1.165) is 60.4 Å². The van der Waals surface area contributed by atoms with Gasteiger partial charge in [0.05, 0.1) is 5.52 Å². The molecule has 2 aliphatic heterocycles. The first-order valence-electron chi connectivity index (χ1n) is 12.0. The summed E-state index contributed by atoms with van der Waals surface area (Å²) in [5, 5.41) is 0. The second kappa shape index (κ2) is 8.54. The summed E-state index contributed by atoms with van der Waals surface area (Å²) in [6, 6.07) is 13.8. The molecule has 8 nitrogen and oxygen atoms in total. The molecule has 3 aromatic heterocycles. The summed E-state index contributed by atoms with van der Waals surface area (Å²) in [5.41, 5.74) is 5.97. The first-order valence-corrected chi connectivity index (χ1v) is 12.0. The fourth-order valence-electron chi connectivity index (χ4n) is 5.33. The number of hydrogen-bond donors (Lipinski definition) is 1. The number of benzene rings is 1. The van der Waals surface area contributed by atoms with Gasteiger partial charge in [-0.3, -0.25) is 19.3 Å². The van der Waals surface area contributed by atoms with E-state index in [4.69, 9.17) is 0 Å². The fraction of sp³-hybridized carbons (Fsp3) is 0.259. The van der Waals surface area contributed by atoms with Gasteiger partial charge in [-0.25, -0.2) is 9.78 Å². The fourth-order valence-corrected chi connectivity index (χ4v) is 5.33. The normalized spacial score (nSPS) is 16.0. The molecule has 0 saturated carbocycles. The molecule has 4 aromatic rings. The molecule has 2 aliphatic rings. The number of anilines is 2. The van der Waals surface area contributed by atoms with Crippen molar-refractivity contribution in [2.24, 2.45) is 0 Å². The second-order valence-corrected chi connectivity index (χ2v) is 9.09. The quantitative estimate of drug-likeness (QED) is 0.494. The summed E-state index contributed by atoms with van der Waals surface area (Å²) >= 11 is 0. The van der Waals surface area contributed by atoms with Crippen molar-refractivity contribution in [3.05, 3.63) is 88.7 Å². The van der Waals surface area contributed by atoms with Crippen molar-refractivity contribution in [1.29, 1.82) is 0 Å². The topological polar surface area (TPSA) is 87.1 Å². The van der Waals surface area contributed by atoms with Gasteiger partial charge in [-0.1, -0.05) is 18.7 Å². The molecule has 0 radical (unpaired) electrons. The van der Waals surface area contributed by atoms with Gasteiger partial charge in [-0.05, 0) is 66.8 Å². The highest BCUT2D eigenvalue weighted by molar-refractivity contribution is 6.06.